The molecule has 2 N–H and O–H groups in total. The van der Waals surface area contributed by atoms with Gasteiger partial charge in [-0.1, -0.05) is 29.8 Å². The second kappa shape index (κ2) is 7.72. The highest BCUT2D eigenvalue weighted by Crippen LogP contribution is 2.22. The fourth-order valence-corrected chi connectivity index (χ4v) is 2.06. The largest absolute Gasteiger partial charge is 0.495 e. The number of hydrogen-bond donors (Lipinski definition) is 2. The Morgan fingerprint density at radius 1 is 1.27 bits per heavy atom. The minimum Gasteiger partial charge on any atom is -0.495 e. The van der Waals surface area contributed by atoms with E-state index in [9.17, 15) is 4.39 Å². The summed E-state index contributed by atoms with van der Waals surface area (Å²) in [6, 6.07) is 11.7. The van der Waals surface area contributed by atoms with E-state index in [1.165, 1.54) is 18.3 Å². The van der Waals surface area contributed by atoms with E-state index in [2.05, 4.69) is 15.8 Å². The SMILES string of the molecule is COc1ccccc1NC(=S)NN=Cc1c(F)cccc1Cl. The van der Waals surface area contributed by atoms with Crippen LogP contribution in [-0.4, -0.2) is 18.4 Å². The van der Waals surface area contributed by atoms with Crippen molar-refractivity contribution >= 4 is 40.8 Å². The van der Waals surface area contributed by atoms with E-state index in [-0.39, 0.29) is 15.7 Å². The number of methoxy groups -OCH3 is 1. The van der Waals surface area contributed by atoms with Gasteiger partial charge in [0.2, 0.25) is 0 Å². The summed E-state index contributed by atoms with van der Waals surface area (Å²) in [6.45, 7) is 0. The highest BCUT2D eigenvalue weighted by Gasteiger charge is 2.05. The molecular formula is C15H13ClFN3OS. The van der Waals surface area contributed by atoms with Crippen LogP contribution in [0.3, 0.4) is 0 Å². The molecule has 2 aromatic rings. The predicted octanol–water partition coefficient (Wildman–Crippen LogP) is 3.81. The van der Waals surface area contributed by atoms with Crippen LogP contribution in [0, 0.1) is 5.82 Å². The van der Waals surface area contributed by atoms with Crippen molar-refractivity contribution in [3.63, 3.8) is 0 Å². The molecule has 0 bridgehead atoms. The van der Waals surface area contributed by atoms with Crippen LogP contribution in [0.25, 0.3) is 0 Å². The molecule has 0 amide bonds. The molecule has 0 unspecified atom stereocenters. The number of hydrogen-bond acceptors (Lipinski definition) is 3. The van der Waals surface area contributed by atoms with Crippen molar-refractivity contribution in [1.29, 1.82) is 0 Å². The molecule has 22 heavy (non-hydrogen) atoms. The van der Waals surface area contributed by atoms with E-state index >= 15 is 0 Å². The maximum absolute atomic E-state index is 13.6. The molecule has 0 aromatic heterocycles. The quantitative estimate of drug-likeness (QED) is 0.506. The van der Waals surface area contributed by atoms with Crippen molar-refractivity contribution in [1.82, 2.24) is 5.43 Å². The van der Waals surface area contributed by atoms with Gasteiger partial charge in [-0.05, 0) is 36.5 Å². The first-order valence-electron chi connectivity index (χ1n) is 6.29. The zero-order valence-corrected chi connectivity index (χ0v) is 13.2. The zero-order chi connectivity index (χ0) is 15.9. The van der Waals surface area contributed by atoms with Gasteiger partial charge in [-0.25, -0.2) is 4.39 Å². The highest BCUT2D eigenvalue weighted by atomic mass is 35.5. The molecule has 0 saturated heterocycles. The summed E-state index contributed by atoms with van der Waals surface area (Å²) < 4.78 is 18.7. The molecule has 0 saturated carbocycles. The molecule has 0 atom stereocenters. The van der Waals surface area contributed by atoms with Crippen LogP contribution in [0.5, 0.6) is 5.75 Å². The van der Waals surface area contributed by atoms with Gasteiger partial charge < -0.3 is 10.1 Å². The fraction of sp³-hybridized carbons (Fsp3) is 0.0667. The van der Waals surface area contributed by atoms with Gasteiger partial charge in [0.25, 0.3) is 0 Å². The van der Waals surface area contributed by atoms with Gasteiger partial charge in [-0.2, -0.15) is 5.10 Å². The Kier molecular flexibility index (Phi) is 5.68. The number of anilines is 1. The third-order valence-electron chi connectivity index (χ3n) is 2.71. The van der Waals surface area contributed by atoms with Gasteiger partial charge in [0.15, 0.2) is 5.11 Å². The third-order valence-corrected chi connectivity index (χ3v) is 3.24. The summed E-state index contributed by atoms with van der Waals surface area (Å²) in [7, 11) is 1.56. The van der Waals surface area contributed by atoms with E-state index in [4.69, 9.17) is 28.6 Å². The Morgan fingerprint density at radius 2 is 2.05 bits per heavy atom. The van der Waals surface area contributed by atoms with Crippen molar-refractivity contribution < 1.29 is 9.13 Å². The van der Waals surface area contributed by atoms with Gasteiger partial charge in [0.1, 0.15) is 11.6 Å². The fourth-order valence-electron chi connectivity index (χ4n) is 1.69. The minimum absolute atomic E-state index is 0.191. The molecule has 7 heteroatoms. The summed E-state index contributed by atoms with van der Waals surface area (Å²) in [5, 5.41) is 7.32. The first-order valence-corrected chi connectivity index (χ1v) is 7.07. The lowest BCUT2D eigenvalue weighted by Crippen LogP contribution is -2.24. The number of halogens is 2. The van der Waals surface area contributed by atoms with Crippen molar-refractivity contribution in [3.8, 4) is 5.75 Å². The van der Waals surface area contributed by atoms with Crippen molar-refractivity contribution in [2.24, 2.45) is 5.10 Å². The Bertz CT molecular complexity index is 689. The number of nitrogens with one attached hydrogen (secondary N) is 2. The van der Waals surface area contributed by atoms with E-state index in [1.807, 2.05) is 18.2 Å². The number of thiocarbonyl (C=S) groups is 1. The van der Waals surface area contributed by atoms with Crippen molar-refractivity contribution in [2.75, 3.05) is 12.4 Å². The monoisotopic (exact) mass is 337 g/mol. The summed E-state index contributed by atoms with van der Waals surface area (Å²) >= 11 is 11.0. The van der Waals surface area contributed by atoms with Gasteiger partial charge in [-0.15, -0.1) is 0 Å². The maximum atomic E-state index is 13.6. The Hall–Kier alpha value is -2.18. The van der Waals surface area contributed by atoms with Gasteiger partial charge >= 0.3 is 0 Å². The third kappa shape index (κ3) is 4.16. The molecule has 0 aliphatic rings. The van der Waals surface area contributed by atoms with Crippen LogP contribution in [0.2, 0.25) is 5.02 Å². The number of ether oxygens (including phenoxy) is 1. The van der Waals surface area contributed by atoms with Crippen molar-refractivity contribution in [2.45, 2.75) is 0 Å². The van der Waals surface area contributed by atoms with Crippen molar-refractivity contribution in [3.05, 3.63) is 58.9 Å². The molecule has 114 valence electrons. The molecule has 4 nitrogen and oxygen atoms in total. The lowest BCUT2D eigenvalue weighted by molar-refractivity contribution is 0.417. The molecule has 0 heterocycles. The second-order valence-corrected chi connectivity index (χ2v) is 4.98. The van der Waals surface area contributed by atoms with Crippen LogP contribution in [0.1, 0.15) is 5.56 Å². The maximum Gasteiger partial charge on any atom is 0.191 e. The molecule has 2 rings (SSSR count). The normalized spacial score (nSPS) is 10.5. The lowest BCUT2D eigenvalue weighted by atomic mass is 10.2. The van der Waals surface area contributed by atoms with Gasteiger partial charge in [-0.3, -0.25) is 5.43 Å². The number of hydrazone groups is 1. The summed E-state index contributed by atoms with van der Waals surface area (Å²) in [4.78, 5) is 0. The summed E-state index contributed by atoms with van der Waals surface area (Å²) in [5.41, 5.74) is 3.48. The van der Waals surface area contributed by atoms with Crippen LogP contribution in [-0.2, 0) is 0 Å². The van der Waals surface area contributed by atoms with Crippen LogP contribution >= 0.6 is 23.8 Å². The minimum atomic E-state index is -0.457. The van der Waals surface area contributed by atoms with Crippen LogP contribution in [0.15, 0.2) is 47.6 Å². The average molecular weight is 338 g/mol. The molecule has 0 aliphatic carbocycles. The van der Waals surface area contributed by atoms with E-state index < -0.39 is 5.82 Å². The number of rotatable bonds is 4. The van der Waals surface area contributed by atoms with Gasteiger partial charge in [0.05, 0.1) is 24.0 Å². The standard InChI is InChI=1S/C15H13ClFN3OS/c1-21-14-8-3-2-7-13(14)19-15(22)20-18-9-10-11(16)5-4-6-12(10)17/h2-9H,1H3,(H2,19,20,22). The molecule has 2 aromatic carbocycles. The lowest BCUT2D eigenvalue weighted by Gasteiger charge is -2.10. The first-order chi connectivity index (χ1) is 10.6. The molecular weight excluding hydrogens is 325 g/mol. The smallest absolute Gasteiger partial charge is 0.191 e. The number of para-hydroxylation sites is 2. The highest BCUT2D eigenvalue weighted by molar-refractivity contribution is 7.80. The topological polar surface area (TPSA) is 45.6 Å². The van der Waals surface area contributed by atoms with Crippen LogP contribution in [0.4, 0.5) is 10.1 Å². The molecule has 0 spiro atoms. The van der Waals surface area contributed by atoms with Crippen LogP contribution < -0.4 is 15.5 Å². The average Bonchev–Trinajstić information content (AvgIpc) is 2.51. The molecule has 0 fully saturated rings. The summed E-state index contributed by atoms with van der Waals surface area (Å²) in [6.07, 6.45) is 1.27. The first kappa shape index (κ1) is 16.2. The summed E-state index contributed by atoms with van der Waals surface area (Å²) in [5.74, 6) is 0.189. The van der Waals surface area contributed by atoms with E-state index in [0.29, 0.717) is 11.4 Å². The van der Waals surface area contributed by atoms with Gasteiger partial charge in [0, 0.05) is 5.56 Å². The predicted molar refractivity (Wildman–Crippen MR) is 91.4 cm³/mol. The number of benzene rings is 2. The Balaban J connectivity index is 2.00. The zero-order valence-electron chi connectivity index (χ0n) is 11.6. The molecule has 0 aliphatic heterocycles. The second-order valence-electron chi connectivity index (χ2n) is 4.16. The van der Waals surface area contributed by atoms with E-state index in [1.54, 1.807) is 19.2 Å². The molecule has 0 radical (unpaired) electrons. The Labute approximate surface area is 137 Å². The Morgan fingerprint density at radius 3 is 2.77 bits per heavy atom. The number of nitrogens with zero attached hydrogens (tertiary/aromatic N) is 1. The van der Waals surface area contributed by atoms with E-state index in [0.717, 1.165) is 0 Å².